The number of nitrogens with zero attached hydrogens (tertiary/aromatic N) is 1. The topological polar surface area (TPSA) is 54.0 Å². The van der Waals surface area contributed by atoms with E-state index in [1.54, 1.807) is 24.3 Å². The lowest BCUT2D eigenvalue weighted by Crippen LogP contribution is -2.34. The van der Waals surface area contributed by atoms with Crippen LogP contribution in [0, 0.1) is 6.92 Å². The summed E-state index contributed by atoms with van der Waals surface area (Å²) in [4.78, 5) is 16.1. The van der Waals surface area contributed by atoms with Crippen LogP contribution >= 0.6 is 23.8 Å². The molecule has 0 spiro atoms. The van der Waals surface area contributed by atoms with Crippen molar-refractivity contribution in [3.8, 4) is 0 Å². The number of pyridine rings is 1. The molecule has 1 amide bonds. The Hall–Kier alpha value is -1.98. The van der Waals surface area contributed by atoms with Crippen molar-refractivity contribution in [2.24, 2.45) is 0 Å². The molecule has 2 aromatic rings. The van der Waals surface area contributed by atoms with Crippen LogP contribution in [-0.4, -0.2) is 16.0 Å². The van der Waals surface area contributed by atoms with Gasteiger partial charge in [0.05, 0.1) is 5.02 Å². The van der Waals surface area contributed by atoms with Gasteiger partial charge in [0.2, 0.25) is 0 Å². The van der Waals surface area contributed by atoms with Crippen LogP contribution < -0.4 is 10.6 Å². The van der Waals surface area contributed by atoms with E-state index in [0.717, 1.165) is 5.56 Å². The monoisotopic (exact) mass is 305 g/mol. The van der Waals surface area contributed by atoms with E-state index in [4.69, 9.17) is 23.8 Å². The molecule has 0 atom stereocenters. The maximum absolute atomic E-state index is 12.0. The van der Waals surface area contributed by atoms with E-state index in [-0.39, 0.29) is 11.0 Å². The molecule has 1 aromatic heterocycles. The van der Waals surface area contributed by atoms with E-state index in [1.165, 1.54) is 6.20 Å². The second-order valence-corrected chi connectivity index (χ2v) is 4.93. The average Bonchev–Trinajstić information content (AvgIpc) is 2.41. The first-order chi connectivity index (χ1) is 9.56. The second kappa shape index (κ2) is 6.45. The molecular formula is C14H12ClN3OS. The number of rotatable bonds is 2. The summed E-state index contributed by atoms with van der Waals surface area (Å²) in [5.74, 6) is 0.263. The number of anilines is 1. The van der Waals surface area contributed by atoms with Gasteiger partial charge in [-0.05, 0) is 42.9 Å². The highest BCUT2D eigenvalue weighted by atomic mass is 35.5. The van der Waals surface area contributed by atoms with E-state index < -0.39 is 0 Å². The molecule has 0 radical (unpaired) electrons. The number of thiocarbonyl (C=S) groups is 1. The molecule has 2 N–H and O–H groups in total. The largest absolute Gasteiger partial charge is 0.317 e. The SMILES string of the molecule is Cc1ccccc1C(=O)NC(=S)Nc1ccc(Cl)cn1. The van der Waals surface area contributed by atoms with Gasteiger partial charge in [0.15, 0.2) is 5.11 Å². The fraction of sp³-hybridized carbons (Fsp3) is 0.0714. The predicted molar refractivity (Wildman–Crippen MR) is 84.1 cm³/mol. The number of carbonyl (C=O) groups is 1. The number of hydrogen-bond donors (Lipinski definition) is 2. The Kier molecular flexibility index (Phi) is 4.65. The first kappa shape index (κ1) is 14.4. The summed E-state index contributed by atoms with van der Waals surface area (Å²) in [5.41, 5.74) is 1.47. The van der Waals surface area contributed by atoms with Crippen LogP contribution in [0.4, 0.5) is 5.82 Å². The fourth-order valence-corrected chi connectivity index (χ4v) is 1.90. The van der Waals surface area contributed by atoms with Crippen molar-refractivity contribution in [2.45, 2.75) is 6.92 Å². The fourth-order valence-electron chi connectivity index (χ4n) is 1.60. The predicted octanol–water partition coefficient (Wildman–Crippen LogP) is 3.17. The molecule has 0 saturated heterocycles. The summed E-state index contributed by atoms with van der Waals surface area (Å²) in [5, 5.41) is 6.15. The summed E-state index contributed by atoms with van der Waals surface area (Å²) in [6, 6.07) is 10.6. The van der Waals surface area contributed by atoms with Crippen molar-refractivity contribution in [1.29, 1.82) is 0 Å². The molecule has 0 aliphatic heterocycles. The third-order valence-corrected chi connectivity index (χ3v) is 3.01. The van der Waals surface area contributed by atoms with Gasteiger partial charge in [0.1, 0.15) is 5.82 Å². The molecule has 0 unspecified atom stereocenters. The maximum atomic E-state index is 12.0. The molecule has 20 heavy (non-hydrogen) atoms. The average molecular weight is 306 g/mol. The van der Waals surface area contributed by atoms with Crippen LogP contribution in [0.5, 0.6) is 0 Å². The van der Waals surface area contributed by atoms with E-state index in [9.17, 15) is 4.79 Å². The Morgan fingerprint density at radius 1 is 1.25 bits per heavy atom. The van der Waals surface area contributed by atoms with E-state index in [1.807, 2.05) is 19.1 Å². The van der Waals surface area contributed by atoms with Gasteiger partial charge in [0, 0.05) is 11.8 Å². The molecular weight excluding hydrogens is 294 g/mol. The Balaban J connectivity index is 2.00. The van der Waals surface area contributed by atoms with Crippen molar-refractivity contribution in [3.05, 3.63) is 58.7 Å². The van der Waals surface area contributed by atoms with Crippen LogP contribution in [0.1, 0.15) is 15.9 Å². The maximum Gasteiger partial charge on any atom is 0.257 e. The van der Waals surface area contributed by atoms with Crippen LogP contribution in [0.15, 0.2) is 42.6 Å². The summed E-state index contributed by atoms with van der Waals surface area (Å²) in [6.45, 7) is 1.87. The van der Waals surface area contributed by atoms with Crippen LogP contribution in [0.2, 0.25) is 5.02 Å². The van der Waals surface area contributed by atoms with Gasteiger partial charge in [-0.15, -0.1) is 0 Å². The van der Waals surface area contributed by atoms with Crippen molar-refractivity contribution in [1.82, 2.24) is 10.3 Å². The van der Waals surface area contributed by atoms with Crippen molar-refractivity contribution >= 4 is 40.7 Å². The zero-order chi connectivity index (χ0) is 14.5. The summed E-state index contributed by atoms with van der Waals surface area (Å²) in [6.07, 6.45) is 1.50. The summed E-state index contributed by atoms with van der Waals surface area (Å²) >= 11 is 10.8. The zero-order valence-electron chi connectivity index (χ0n) is 10.7. The number of aryl methyl sites for hydroxylation is 1. The number of carbonyl (C=O) groups excluding carboxylic acids is 1. The molecule has 1 heterocycles. The lowest BCUT2D eigenvalue weighted by molar-refractivity contribution is 0.0977. The number of amides is 1. The van der Waals surface area contributed by atoms with E-state index >= 15 is 0 Å². The molecule has 4 nitrogen and oxygen atoms in total. The number of hydrogen-bond acceptors (Lipinski definition) is 3. The van der Waals surface area contributed by atoms with Gasteiger partial charge < -0.3 is 5.32 Å². The summed E-state index contributed by atoms with van der Waals surface area (Å²) < 4.78 is 0. The number of halogens is 1. The van der Waals surface area contributed by atoms with E-state index in [2.05, 4.69) is 15.6 Å². The molecule has 0 saturated carbocycles. The zero-order valence-corrected chi connectivity index (χ0v) is 12.3. The lowest BCUT2D eigenvalue weighted by atomic mass is 10.1. The molecule has 6 heteroatoms. The second-order valence-electron chi connectivity index (χ2n) is 4.08. The van der Waals surface area contributed by atoms with Crippen LogP contribution in [0.25, 0.3) is 0 Å². The molecule has 2 rings (SSSR count). The Morgan fingerprint density at radius 2 is 2.00 bits per heavy atom. The Labute approximate surface area is 127 Å². The van der Waals surface area contributed by atoms with Gasteiger partial charge in [-0.25, -0.2) is 4.98 Å². The van der Waals surface area contributed by atoms with Crippen LogP contribution in [-0.2, 0) is 0 Å². The van der Waals surface area contributed by atoms with Gasteiger partial charge in [0.25, 0.3) is 5.91 Å². The van der Waals surface area contributed by atoms with Gasteiger partial charge in [-0.1, -0.05) is 29.8 Å². The van der Waals surface area contributed by atoms with Gasteiger partial charge in [-0.3, -0.25) is 10.1 Å². The van der Waals surface area contributed by atoms with Gasteiger partial charge >= 0.3 is 0 Å². The number of benzene rings is 1. The third-order valence-electron chi connectivity index (χ3n) is 2.59. The van der Waals surface area contributed by atoms with Crippen molar-refractivity contribution in [2.75, 3.05) is 5.32 Å². The highest BCUT2D eigenvalue weighted by molar-refractivity contribution is 7.80. The first-order valence-corrected chi connectivity index (χ1v) is 6.64. The normalized spacial score (nSPS) is 9.90. The highest BCUT2D eigenvalue weighted by Gasteiger charge is 2.10. The minimum absolute atomic E-state index is 0.188. The summed E-state index contributed by atoms with van der Waals surface area (Å²) in [7, 11) is 0. The van der Waals surface area contributed by atoms with Crippen molar-refractivity contribution in [3.63, 3.8) is 0 Å². The van der Waals surface area contributed by atoms with E-state index in [0.29, 0.717) is 16.4 Å². The Morgan fingerprint density at radius 3 is 2.65 bits per heavy atom. The number of aromatic nitrogens is 1. The first-order valence-electron chi connectivity index (χ1n) is 5.86. The molecule has 0 fully saturated rings. The lowest BCUT2D eigenvalue weighted by Gasteiger charge is -2.10. The minimum Gasteiger partial charge on any atom is -0.317 e. The highest BCUT2D eigenvalue weighted by Crippen LogP contribution is 2.10. The molecule has 0 bridgehead atoms. The van der Waals surface area contributed by atoms with Crippen molar-refractivity contribution < 1.29 is 4.79 Å². The molecule has 0 aliphatic rings. The quantitative estimate of drug-likeness (QED) is 0.837. The number of nitrogens with one attached hydrogen (secondary N) is 2. The minimum atomic E-state index is -0.255. The van der Waals surface area contributed by atoms with Gasteiger partial charge in [-0.2, -0.15) is 0 Å². The Bertz CT molecular complexity index is 643. The smallest absolute Gasteiger partial charge is 0.257 e. The van der Waals surface area contributed by atoms with Crippen LogP contribution in [0.3, 0.4) is 0 Å². The third kappa shape index (κ3) is 3.76. The molecule has 102 valence electrons. The standard InChI is InChI=1S/C14H12ClN3OS/c1-9-4-2-3-5-11(9)13(19)18-14(20)17-12-7-6-10(15)8-16-12/h2-8H,1H3,(H2,16,17,18,19,20). The molecule has 1 aromatic carbocycles. The molecule has 0 aliphatic carbocycles.